The normalized spacial score (nSPS) is 11.1. The summed E-state index contributed by atoms with van der Waals surface area (Å²) in [7, 11) is -3.99. The lowest BCUT2D eigenvalue weighted by Gasteiger charge is -2.25. The van der Waals surface area contributed by atoms with E-state index in [1.807, 2.05) is 36.4 Å². The number of benzene rings is 3. The van der Waals surface area contributed by atoms with Crippen molar-refractivity contribution in [2.75, 3.05) is 4.31 Å². The van der Waals surface area contributed by atoms with Crippen LogP contribution in [0.15, 0.2) is 108 Å². The molecule has 1 aromatic heterocycles. The van der Waals surface area contributed by atoms with E-state index in [0.717, 1.165) is 5.56 Å². The number of anilines is 1. The fourth-order valence-corrected chi connectivity index (χ4v) is 5.00. The van der Waals surface area contributed by atoms with Crippen molar-refractivity contribution in [3.63, 3.8) is 0 Å². The maximum Gasteiger partial charge on any atom is 0.264 e. The molecular weight excluding hydrogens is 470 g/mol. The van der Waals surface area contributed by atoms with Crippen LogP contribution in [0.4, 0.5) is 5.69 Å². The van der Waals surface area contributed by atoms with Crippen molar-refractivity contribution in [1.29, 1.82) is 0 Å². The van der Waals surface area contributed by atoms with Crippen LogP contribution in [0.1, 0.15) is 21.6 Å². The van der Waals surface area contributed by atoms with E-state index in [-0.39, 0.29) is 29.5 Å². The highest BCUT2D eigenvalue weighted by Crippen LogP contribution is 2.27. The molecule has 0 aliphatic rings. The molecule has 0 fully saturated rings. The fraction of sp³-hybridized carbons (Fsp3) is 0.0769. The zero-order valence-electron chi connectivity index (χ0n) is 18.1. The van der Waals surface area contributed by atoms with Gasteiger partial charge in [0.25, 0.3) is 15.9 Å². The minimum atomic E-state index is -3.99. The van der Waals surface area contributed by atoms with E-state index in [0.29, 0.717) is 16.4 Å². The molecule has 3 aromatic carbocycles. The van der Waals surface area contributed by atoms with Crippen LogP contribution >= 0.6 is 11.6 Å². The molecule has 0 bridgehead atoms. The lowest BCUT2D eigenvalue weighted by atomic mass is 10.2. The van der Waals surface area contributed by atoms with E-state index in [2.05, 4.69) is 10.3 Å². The second-order valence-electron chi connectivity index (χ2n) is 7.51. The number of hydrogen-bond donors (Lipinski definition) is 1. The summed E-state index contributed by atoms with van der Waals surface area (Å²) >= 11 is 6.02. The van der Waals surface area contributed by atoms with Crippen LogP contribution < -0.4 is 9.62 Å². The molecule has 0 spiro atoms. The van der Waals surface area contributed by atoms with Gasteiger partial charge < -0.3 is 5.32 Å². The van der Waals surface area contributed by atoms with E-state index in [1.165, 1.54) is 16.4 Å². The van der Waals surface area contributed by atoms with Crippen LogP contribution in [0.3, 0.4) is 0 Å². The van der Waals surface area contributed by atoms with Crippen LogP contribution in [-0.4, -0.2) is 19.3 Å². The first-order valence-corrected chi connectivity index (χ1v) is 12.4. The van der Waals surface area contributed by atoms with Gasteiger partial charge in [-0.3, -0.25) is 14.1 Å². The Morgan fingerprint density at radius 3 is 2.32 bits per heavy atom. The Morgan fingerprint density at radius 2 is 1.62 bits per heavy atom. The molecule has 1 N–H and O–H groups in total. The Kier molecular flexibility index (Phi) is 7.25. The third-order valence-corrected chi connectivity index (χ3v) is 7.15. The molecule has 172 valence electrons. The molecule has 0 radical (unpaired) electrons. The topological polar surface area (TPSA) is 79.4 Å². The highest BCUT2D eigenvalue weighted by atomic mass is 35.5. The average molecular weight is 492 g/mol. The Balaban J connectivity index is 1.63. The third-order valence-electron chi connectivity index (χ3n) is 5.12. The summed E-state index contributed by atoms with van der Waals surface area (Å²) in [6.07, 6.45) is 1.65. The molecule has 0 saturated heterocycles. The van der Waals surface area contributed by atoms with Crippen molar-refractivity contribution in [1.82, 2.24) is 10.3 Å². The summed E-state index contributed by atoms with van der Waals surface area (Å²) in [6.45, 7) is 0.364. The smallest absolute Gasteiger partial charge is 0.264 e. The number of pyridine rings is 1. The molecule has 0 aliphatic heterocycles. The van der Waals surface area contributed by atoms with Crippen LogP contribution in [0.25, 0.3) is 0 Å². The average Bonchev–Trinajstić information content (AvgIpc) is 2.88. The highest BCUT2D eigenvalue weighted by Gasteiger charge is 2.26. The molecule has 0 aliphatic carbocycles. The van der Waals surface area contributed by atoms with Crippen LogP contribution in [-0.2, 0) is 23.1 Å². The third kappa shape index (κ3) is 5.62. The van der Waals surface area contributed by atoms with Gasteiger partial charge in [0.15, 0.2) is 0 Å². The van der Waals surface area contributed by atoms with E-state index in [9.17, 15) is 13.2 Å². The second-order valence-corrected chi connectivity index (χ2v) is 9.80. The fourth-order valence-electron chi connectivity index (χ4n) is 3.37. The van der Waals surface area contributed by atoms with Gasteiger partial charge in [0.2, 0.25) is 0 Å². The van der Waals surface area contributed by atoms with E-state index in [1.54, 1.807) is 54.7 Å². The number of aromatic nitrogens is 1. The van der Waals surface area contributed by atoms with Gasteiger partial charge in [0.05, 0.1) is 29.4 Å². The summed E-state index contributed by atoms with van der Waals surface area (Å²) in [4.78, 5) is 16.9. The SMILES string of the molecule is O=C(NCc1ccccn1)c1cccc(S(=O)(=O)N(Cc2ccccc2)c2ccc(Cl)cc2)c1. The Hall–Kier alpha value is -3.68. The zero-order chi connectivity index (χ0) is 24.0. The standard InChI is InChI=1S/C26H22ClN3O3S/c27-22-12-14-24(15-13-22)30(19-20-7-2-1-3-8-20)34(32,33)25-11-6-9-21(17-25)26(31)29-18-23-10-4-5-16-28-23/h1-17H,18-19H2,(H,29,31). The monoisotopic (exact) mass is 491 g/mol. The summed E-state index contributed by atoms with van der Waals surface area (Å²) in [5, 5.41) is 3.28. The Bertz CT molecular complexity index is 1360. The first-order chi connectivity index (χ1) is 16.4. The van der Waals surface area contributed by atoms with Crippen molar-refractivity contribution in [3.05, 3.63) is 125 Å². The first kappa shape index (κ1) is 23.5. The van der Waals surface area contributed by atoms with E-state index in [4.69, 9.17) is 11.6 Å². The molecule has 1 amide bonds. The number of rotatable bonds is 8. The number of nitrogens with one attached hydrogen (secondary N) is 1. The Labute approximate surface area is 203 Å². The van der Waals surface area contributed by atoms with Crippen molar-refractivity contribution in [2.45, 2.75) is 18.0 Å². The summed E-state index contributed by atoms with van der Waals surface area (Å²) in [5.74, 6) is -0.385. The van der Waals surface area contributed by atoms with Crippen LogP contribution in [0.5, 0.6) is 0 Å². The number of carbonyl (C=O) groups excluding carboxylic acids is 1. The van der Waals surface area contributed by atoms with E-state index < -0.39 is 10.0 Å². The molecule has 4 rings (SSSR count). The minimum absolute atomic E-state index is 0.0175. The van der Waals surface area contributed by atoms with Gasteiger partial charge in [-0.15, -0.1) is 0 Å². The number of halogens is 1. The Morgan fingerprint density at radius 1 is 0.882 bits per heavy atom. The number of nitrogens with zero attached hydrogens (tertiary/aromatic N) is 2. The molecule has 0 saturated carbocycles. The van der Waals surface area contributed by atoms with Crippen molar-refractivity contribution in [2.24, 2.45) is 0 Å². The summed E-state index contributed by atoms with van der Waals surface area (Å²) in [6, 6.07) is 27.4. The van der Waals surface area contributed by atoms with E-state index >= 15 is 0 Å². The highest BCUT2D eigenvalue weighted by molar-refractivity contribution is 7.92. The van der Waals surface area contributed by atoms with Gasteiger partial charge in [-0.1, -0.05) is 54.1 Å². The maximum atomic E-state index is 13.7. The van der Waals surface area contributed by atoms with Crippen molar-refractivity contribution < 1.29 is 13.2 Å². The molecule has 8 heteroatoms. The lowest BCUT2D eigenvalue weighted by molar-refractivity contribution is 0.0950. The number of amides is 1. The van der Waals surface area contributed by atoms with Gasteiger partial charge in [-0.05, 0) is 60.2 Å². The number of carbonyl (C=O) groups is 1. The van der Waals surface area contributed by atoms with Gasteiger partial charge in [-0.25, -0.2) is 8.42 Å². The van der Waals surface area contributed by atoms with Gasteiger partial charge in [-0.2, -0.15) is 0 Å². The second kappa shape index (κ2) is 10.5. The zero-order valence-corrected chi connectivity index (χ0v) is 19.7. The number of sulfonamides is 1. The maximum absolute atomic E-state index is 13.7. The predicted octanol–water partition coefficient (Wildman–Crippen LogP) is 5.06. The first-order valence-electron chi connectivity index (χ1n) is 10.5. The molecule has 1 heterocycles. The quantitative estimate of drug-likeness (QED) is 0.373. The van der Waals surface area contributed by atoms with Gasteiger partial charge in [0.1, 0.15) is 0 Å². The molecule has 0 atom stereocenters. The van der Waals surface area contributed by atoms with Gasteiger partial charge >= 0.3 is 0 Å². The molecule has 4 aromatic rings. The summed E-state index contributed by atoms with van der Waals surface area (Å²) in [5.41, 5.74) is 2.24. The molecule has 0 unspecified atom stereocenters. The molecular formula is C26H22ClN3O3S. The lowest BCUT2D eigenvalue weighted by Crippen LogP contribution is -2.31. The minimum Gasteiger partial charge on any atom is -0.346 e. The van der Waals surface area contributed by atoms with Crippen LogP contribution in [0, 0.1) is 0 Å². The van der Waals surface area contributed by atoms with Crippen molar-refractivity contribution >= 4 is 33.2 Å². The molecule has 34 heavy (non-hydrogen) atoms. The predicted molar refractivity (Wildman–Crippen MR) is 133 cm³/mol. The van der Waals surface area contributed by atoms with Crippen molar-refractivity contribution in [3.8, 4) is 0 Å². The summed E-state index contributed by atoms with van der Waals surface area (Å²) < 4.78 is 28.8. The van der Waals surface area contributed by atoms with Gasteiger partial charge in [0, 0.05) is 16.8 Å². The van der Waals surface area contributed by atoms with Crippen LogP contribution in [0.2, 0.25) is 5.02 Å². The number of hydrogen-bond acceptors (Lipinski definition) is 4. The molecule has 6 nitrogen and oxygen atoms in total. The largest absolute Gasteiger partial charge is 0.346 e.